The van der Waals surface area contributed by atoms with Crippen molar-refractivity contribution in [3.8, 4) is 0 Å². The van der Waals surface area contributed by atoms with Crippen LogP contribution in [-0.2, 0) is 11.2 Å². The molecule has 0 saturated heterocycles. The van der Waals surface area contributed by atoms with E-state index in [0.717, 1.165) is 16.5 Å². The Labute approximate surface area is 130 Å². The minimum absolute atomic E-state index is 0.0330. The molecule has 0 saturated carbocycles. The molecule has 2 aliphatic carbocycles. The van der Waals surface area contributed by atoms with Crippen LogP contribution in [-0.4, -0.2) is 22.2 Å². The van der Waals surface area contributed by atoms with Crippen molar-refractivity contribution in [2.24, 2.45) is 5.41 Å². The SMILES string of the molecule is CC[C@@]12CCC(=O)C(C(F)(F)F)=C1c1ccc3[nH]ncc3c1C2. The van der Waals surface area contributed by atoms with Crippen molar-refractivity contribution in [3.05, 3.63) is 35.0 Å². The molecule has 1 atom stereocenters. The smallest absolute Gasteiger partial charge is 0.294 e. The van der Waals surface area contributed by atoms with Gasteiger partial charge >= 0.3 is 6.18 Å². The molecule has 4 rings (SSSR count). The number of carbonyl (C=O) groups excluding carboxylic acids is 1. The van der Waals surface area contributed by atoms with Crippen LogP contribution in [0, 0.1) is 5.41 Å². The molecule has 0 fully saturated rings. The number of halogens is 3. The molecular formula is C17H15F3N2O. The van der Waals surface area contributed by atoms with E-state index in [-0.39, 0.29) is 12.0 Å². The molecule has 6 heteroatoms. The maximum absolute atomic E-state index is 13.6. The van der Waals surface area contributed by atoms with Crippen LogP contribution in [0.4, 0.5) is 13.2 Å². The molecule has 0 aliphatic heterocycles. The number of allylic oxidation sites excluding steroid dienone is 2. The number of Topliss-reactive ketones (excluding diaryl/α,β-unsaturated/α-hetero) is 1. The molecule has 3 nitrogen and oxygen atoms in total. The fourth-order valence-electron chi connectivity index (χ4n) is 4.22. The average Bonchev–Trinajstić information content (AvgIpc) is 3.07. The third kappa shape index (κ3) is 1.84. The number of carbonyl (C=O) groups is 1. The lowest BCUT2D eigenvalue weighted by molar-refractivity contribution is -0.130. The molecule has 0 unspecified atom stereocenters. The molecule has 2 aliphatic rings. The Balaban J connectivity index is 2.10. The van der Waals surface area contributed by atoms with Crippen LogP contribution in [0.25, 0.3) is 16.5 Å². The number of hydrogen-bond acceptors (Lipinski definition) is 2. The van der Waals surface area contributed by atoms with E-state index < -0.39 is 22.9 Å². The van der Waals surface area contributed by atoms with E-state index in [0.29, 0.717) is 24.8 Å². The number of fused-ring (bicyclic) bond motifs is 5. The molecule has 1 aromatic heterocycles. The van der Waals surface area contributed by atoms with Gasteiger partial charge < -0.3 is 0 Å². The van der Waals surface area contributed by atoms with Gasteiger partial charge in [-0.05, 0) is 42.0 Å². The summed E-state index contributed by atoms with van der Waals surface area (Å²) in [5.41, 5.74) is 0.945. The van der Waals surface area contributed by atoms with Crippen molar-refractivity contribution in [3.63, 3.8) is 0 Å². The predicted octanol–water partition coefficient (Wildman–Crippen LogP) is 4.19. The van der Waals surface area contributed by atoms with Crippen molar-refractivity contribution in [2.75, 3.05) is 0 Å². The number of aromatic nitrogens is 2. The van der Waals surface area contributed by atoms with Gasteiger partial charge in [-0.1, -0.05) is 13.0 Å². The molecule has 0 amide bonds. The summed E-state index contributed by atoms with van der Waals surface area (Å²) in [4.78, 5) is 12.1. The normalized spacial score (nSPS) is 24.3. The summed E-state index contributed by atoms with van der Waals surface area (Å²) in [7, 11) is 0. The van der Waals surface area contributed by atoms with Crippen LogP contribution in [0.5, 0.6) is 0 Å². The second kappa shape index (κ2) is 4.46. The minimum Gasteiger partial charge on any atom is -0.294 e. The van der Waals surface area contributed by atoms with Crippen molar-refractivity contribution in [1.29, 1.82) is 0 Å². The van der Waals surface area contributed by atoms with Crippen molar-refractivity contribution >= 4 is 22.3 Å². The summed E-state index contributed by atoms with van der Waals surface area (Å²) in [6.45, 7) is 1.90. The van der Waals surface area contributed by atoms with Crippen LogP contribution in [0.3, 0.4) is 0 Å². The van der Waals surface area contributed by atoms with Crippen LogP contribution >= 0.6 is 0 Å². The molecule has 23 heavy (non-hydrogen) atoms. The second-order valence-electron chi connectivity index (χ2n) is 6.40. The molecule has 1 aromatic carbocycles. The van der Waals surface area contributed by atoms with Gasteiger partial charge in [0.05, 0.1) is 11.7 Å². The standard InChI is InChI=1S/C17H15F3N2O/c1-2-16-6-5-13(23)15(17(18,19)20)14(16)9-3-4-12-11(8-21-22-12)10(9)7-16/h3-4,8H,2,5-7H2,1H3,(H,21,22)/t16-/m0/s1. The number of nitrogens with zero attached hydrogens (tertiary/aromatic N) is 1. The largest absolute Gasteiger partial charge is 0.420 e. The van der Waals surface area contributed by atoms with Gasteiger partial charge in [-0.2, -0.15) is 18.3 Å². The monoisotopic (exact) mass is 320 g/mol. The highest BCUT2D eigenvalue weighted by Gasteiger charge is 2.53. The number of hydrogen-bond donors (Lipinski definition) is 1. The summed E-state index contributed by atoms with van der Waals surface area (Å²) in [5, 5.41) is 7.71. The second-order valence-corrected chi connectivity index (χ2v) is 6.40. The summed E-state index contributed by atoms with van der Waals surface area (Å²) in [5.74, 6) is -0.781. The Morgan fingerprint density at radius 1 is 1.35 bits per heavy atom. The third-order valence-corrected chi connectivity index (χ3v) is 5.37. The summed E-state index contributed by atoms with van der Waals surface area (Å²) in [6.07, 6.45) is -1.38. The van der Waals surface area contributed by atoms with Crippen molar-refractivity contribution < 1.29 is 18.0 Å². The van der Waals surface area contributed by atoms with Gasteiger partial charge in [0.1, 0.15) is 5.57 Å². The number of alkyl halides is 3. The Bertz CT molecular complexity index is 862. The zero-order valence-corrected chi connectivity index (χ0v) is 12.5. The lowest BCUT2D eigenvalue weighted by atomic mass is 9.68. The maximum atomic E-state index is 13.6. The van der Waals surface area contributed by atoms with Crippen LogP contribution in [0.1, 0.15) is 37.3 Å². The predicted molar refractivity (Wildman–Crippen MR) is 79.7 cm³/mol. The minimum atomic E-state index is -4.61. The highest BCUT2D eigenvalue weighted by Crippen LogP contribution is 2.58. The van der Waals surface area contributed by atoms with E-state index in [2.05, 4.69) is 10.2 Å². The summed E-state index contributed by atoms with van der Waals surface area (Å²) >= 11 is 0. The highest BCUT2D eigenvalue weighted by molar-refractivity contribution is 6.08. The van der Waals surface area contributed by atoms with Gasteiger partial charge in [-0.15, -0.1) is 0 Å². The quantitative estimate of drug-likeness (QED) is 0.856. The topological polar surface area (TPSA) is 45.8 Å². The first-order valence-electron chi connectivity index (χ1n) is 7.68. The van der Waals surface area contributed by atoms with Crippen LogP contribution in [0.2, 0.25) is 0 Å². The van der Waals surface area contributed by atoms with Crippen LogP contribution in [0.15, 0.2) is 23.9 Å². The number of rotatable bonds is 1. The number of aromatic amines is 1. The number of benzene rings is 1. The summed E-state index contributed by atoms with van der Waals surface area (Å²) < 4.78 is 40.8. The van der Waals surface area contributed by atoms with Gasteiger partial charge in [0.15, 0.2) is 5.78 Å². The zero-order valence-electron chi connectivity index (χ0n) is 12.5. The van der Waals surface area contributed by atoms with Crippen molar-refractivity contribution in [1.82, 2.24) is 10.2 Å². The maximum Gasteiger partial charge on any atom is 0.420 e. The van der Waals surface area contributed by atoms with E-state index in [1.54, 1.807) is 18.3 Å². The molecule has 2 aromatic rings. The molecular weight excluding hydrogens is 305 g/mol. The Morgan fingerprint density at radius 2 is 2.13 bits per heavy atom. The van der Waals surface area contributed by atoms with Gasteiger partial charge in [0, 0.05) is 17.2 Å². The summed E-state index contributed by atoms with van der Waals surface area (Å²) in [6, 6.07) is 3.44. The van der Waals surface area contributed by atoms with Gasteiger partial charge in [-0.3, -0.25) is 9.89 Å². The van der Waals surface area contributed by atoms with E-state index >= 15 is 0 Å². The highest BCUT2D eigenvalue weighted by atomic mass is 19.4. The molecule has 120 valence electrons. The average molecular weight is 320 g/mol. The van der Waals surface area contributed by atoms with E-state index in [1.165, 1.54) is 0 Å². The van der Waals surface area contributed by atoms with Gasteiger partial charge in [0.25, 0.3) is 0 Å². The third-order valence-electron chi connectivity index (χ3n) is 5.37. The zero-order chi connectivity index (χ0) is 16.4. The first-order valence-corrected chi connectivity index (χ1v) is 7.68. The van der Waals surface area contributed by atoms with E-state index in [4.69, 9.17) is 0 Å². The fraction of sp³-hybridized carbons (Fsp3) is 0.412. The molecule has 0 radical (unpaired) electrons. The van der Waals surface area contributed by atoms with Crippen molar-refractivity contribution in [2.45, 2.75) is 38.8 Å². The van der Waals surface area contributed by atoms with E-state index in [1.807, 2.05) is 6.92 Å². The lowest BCUT2D eigenvalue weighted by Gasteiger charge is -2.36. The van der Waals surface area contributed by atoms with Gasteiger partial charge in [0.2, 0.25) is 0 Å². The molecule has 0 spiro atoms. The lowest BCUT2D eigenvalue weighted by Crippen LogP contribution is -2.33. The molecule has 1 heterocycles. The molecule has 0 bridgehead atoms. The van der Waals surface area contributed by atoms with Gasteiger partial charge in [-0.25, -0.2) is 0 Å². The first kappa shape index (κ1) is 14.5. The first-order chi connectivity index (χ1) is 10.9. The Morgan fingerprint density at radius 3 is 2.83 bits per heavy atom. The number of nitrogens with one attached hydrogen (secondary N) is 1. The number of ketones is 1. The van der Waals surface area contributed by atoms with E-state index in [9.17, 15) is 18.0 Å². The molecule has 1 N–H and O–H groups in total. The Hall–Kier alpha value is -2.11. The Kier molecular flexibility index (Phi) is 2.81. The number of H-pyrrole nitrogens is 1. The fourth-order valence-corrected chi connectivity index (χ4v) is 4.22. The van der Waals surface area contributed by atoms with Crippen LogP contribution < -0.4 is 0 Å².